The highest BCUT2D eigenvalue weighted by Crippen LogP contribution is 2.00. The molecule has 0 unspecified atom stereocenters. The van der Waals surface area contributed by atoms with Gasteiger partial charge in [0.1, 0.15) is 6.04 Å². The quantitative estimate of drug-likeness (QED) is 0.400. The number of carbonyl (C=O) groups is 3. The molecule has 0 rings (SSSR count). The molecule has 2 amide bonds. The van der Waals surface area contributed by atoms with Gasteiger partial charge in [0.25, 0.3) is 0 Å². The van der Waals surface area contributed by atoms with Gasteiger partial charge < -0.3 is 21.1 Å². The lowest BCUT2D eigenvalue weighted by molar-refractivity contribution is -0.139. The molecule has 0 saturated heterocycles. The second-order valence-corrected chi connectivity index (χ2v) is 4.20. The number of carboxylic acids is 1. The van der Waals surface area contributed by atoms with Crippen molar-refractivity contribution in [3.8, 4) is 0 Å². The van der Waals surface area contributed by atoms with Crippen LogP contribution in [0.3, 0.4) is 0 Å². The number of rotatable bonds is 10. The summed E-state index contributed by atoms with van der Waals surface area (Å²) in [5.41, 5.74) is 0. The predicted molar refractivity (Wildman–Crippen MR) is 70.6 cm³/mol. The minimum absolute atomic E-state index is 0.159. The van der Waals surface area contributed by atoms with Crippen LogP contribution in [-0.2, 0) is 14.4 Å². The summed E-state index contributed by atoms with van der Waals surface area (Å²) in [6.07, 6.45) is 2.32. The van der Waals surface area contributed by atoms with Crippen molar-refractivity contribution in [3.63, 3.8) is 0 Å². The van der Waals surface area contributed by atoms with Crippen LogP contribution in [0.1, 0.15) is 32.1 Å². The fourth-order valence-corrected chi connectivity index (χ4v) is 1.53. The van der Waals surface area contributed by atoms with Gasteiger partial charge in [-0.1, -0.05) is 0 Å². The van der Waals surface area contributed by atoms with E-state index >= 15 is 0 Å². The zero-order valence-electron chi connectivity index (χ0n) is 11.5. The van der Waals surface area contributed by atoms with Crippen LogP contribution in [-0.4, -0.2) is 49.6 Å². The first kappa shape index (κ1) is 17.4. The lowest BCUT2D eigenvalue weighted by Gasteiger charge is -2.10. The molecule has 0 aliphatic rings. The third-order valence-corrected chi connectivity index (χ3v) is 2.75. The molecule has 0 bridgehead atoms. The van der Waals surface area contributed by atoms with E-state index < -0.39 is 12.0 Å². The Bertz CT molecular complexity index is 307. The highest BCUT2D eigenvalue weighted by molar-refractivity contribution is 5.83. The van der Waals surface area contributed by atoms with Crippen molar-refractivity contribution in [2.75, 3.05) is 20.6 Å². The first-order valence-electron chi connectivity index (χ1n) is 6.38. The number of aliphatic carboxylic acids is 1. The minimum atomic E-state index is -0.864. The number of amides is 2. The molecule has 0 heterocycles. The number of nitrogens with one attached hydrogen (secondary N) is 3. The van der Waals surface area contributed by atoms with E-state index in [1.165, 1.54) is 7.05 Å². The highest BCUT2D eigenvalue weighted by Gasteiger charge is 2.13. The van der Waals surface area contributed by atoms with E-state index in [4.69, 9.17) is 5.11 Å². The Labute approximate surface area is 113 Å². The molecule has 0 fully saturated rings. The molecule has 110 valence electrons. The normalized spacial score (nSPS) is 11.7. The Morgan fingerprint density at radius 2 is 1.68 bits per heavy atom. The summed E-state index contributed by atoms with van der Waals surface area (Å²) in [5, 5.41) is 16.6. The van der Waals surface area contributed by atoms with Gasteiger partial charge >= 0.3 is 5.97 Å². The van der Waals surface area contributed by atoms with Crippen LogP contribution in [0.25, 0.3) is 0 Å². The fraction of sp³-hybridized carbons (Fsp3) is 0.750. The van der Waals surface area contributed by atoms with Crippen LogP contribution in [0, 0.1) is 0 Å². The number of likely N-dealkylation sites (N-methyl/N-ethyl adjacent to an activating group) is 1. The van der Waals surface area contributed by atoms with Gasteiger partial charge in [-0.25, -0.2) is 0 Å². The number of hydrogen-bond acceptors (Lipinski definition) is 4. The monoisotopic (exact) mass is 273 g/mol. The van der Waals surface area contributed by atoms with Crippen LogP contribution >= 0.6 is 0 Å². The molecule has 0 aromatic carbocycles. The number of carboxylic acid groups (broad SMARTS) is 1. The molecule has 0 aliphatic carbocycles. The molecule has 0 aliphatic heterocycles. The van der Waals surface area contributed by atoms with Crippen LogP contribution in [0.15, 0.2) is 0 Å². The zero-order valence-corrected chi connectivity index (χ0v) is 11.5. The van der Waals surface area contributed by atoms with E-state index in [9.17, 15) is 14.4 Å². The Balaban J connectivity index is 3.56. The van der Waals surface area contributed by atoms with Crippen LogP contribution in [0.5, 0.6) is 0 Å². The van der Waals surface area contributed by atoms with E-state index in [0.717, 1.165) is 6.42 Å². The van der Waals surface area contributed by atoms with Gasteiger partial charge in [0.2, 0.25) is 11.8 Å². The maximum Gasteiger partial charge on any atom is 0.320 e. The molecule has 0 aromatic heterocycles. The SMILES string of the molecule is CNC(=O)CCC(=O)NCCCC[C@H](NC)C(=O)O. The molecule has 7 nitrogen and oxygen atoms in total. The molecule has 0 radical (unpaired) electrons. The fourth-order valence-electron chi connectivity index (χ4n) is 1.53. The third kappa shape index (κ3) is 9.01. The molecule has 7 heteroatoms. The van der Waals surface area contributed by atoms with Gasteiger partial charge in [-0.15, -0.1) is 0 Å². The Morgan fingerprint density at radius 3 is 2.21 bits per heavy atom. The lowest BCUT2D eigenvalue weighted by Crippen LogP contribution is -2.34. The standard InChI is InChI=1S/C12H23N3O4/c1-13-9(12(18)19)5-3-4-8-15-11(17)7-6-10(16)14-2/h9,13H,3-8H2,1-2H3,(H,14,16)(H,15,17)(H,18,19)/t9-/m0/s1. The van der Waals surface area contributed by atoms with Gasteiger partial charge in [-0.2, -0.15) is 0 Å². The third-order valence-electron chi connectivity index (χ3n) is 2.75. The minimum Gasteiger partial charge on any atom is -0.480 e. The van der Waals surface area contributed by atoms with Gasteiger partial charge in [-0.05, 0) is 26.3 Å². The van der Waals surface area contributed by atoms with E-state index in [1.54, 1.807) is 7.05 Å². The van der Waals surface area contributed by atoms with Crippen LogP contribution < -0.4 is 16.0 Å². The highest BCUT2D eigenvalue weighted by atomic mass is 16.4. The summed E-state index contributed by atoms with van der Waals surface area (Å²) in [5.74, 6) is -1.18. The van der Waals surface area contributed by atoms with Crippen molar-refractivity contribution < 1.29 is 19.5 Å². The van der Waals surface area contributed by atoms with E-state index in [0.29, 0.717) is 19.4 Å². The van der Waals surface area contributed by atoms with Gasteiger partial charge in [0.05, 0.1) is 0 Å². The number of carbonyl (C=O) groups excluding carboxylic acids is 2. The summed E-state index contributed by atoms with van der Waals surface area (Å²) >= 11 is 0. The van der Waals surface area contributed by atoms with E-state index in [1.807, 2.05) is 0 Å². The van der Waals surface area contributed by atoms with Crippen molar-refractivity contribution >= 4 is 17.8 Å². The molecular formula is C12H23N3O4. The molecule has 0 saturated carbocycles. The average Bonchev–Trinajstić information content (AvgIpc) is 2.39. The van der Waals surface area contributed by atoms with Gasteiger partial charge in [0.15, 0.2) is 0 Å². The smallest absolute Gasteiger partial charge is 0.320 e. The van der Waals surface area contributed by atoms with Crippen LogP contribution in [0.2, 0.25) is 0 Å². The Morgan fingerprint density at radius 1 is 1.05 bits per heavy atom. The van der Waals surface area contributed by atoms with E-state index in [2.05, 4.69) is 16.0 Å². The Hall–Kier alpha value is -1.63. The van der Waals surface area contributed by atoms with E-state index in [-0.39, 0.29) is 24.7 Å². The van der Waals surface area contributed by atoms with Gasteiger partial charge in [0, 0.05) is 26.4 Å². The maximum absolute atomic E-state index is 11.3. The molecule has 19 heavy (non-hydrogen) atoms. The molecule has 0 aromatic rings. The summed E-state index contributed by atoms with van der Waals surface area (Å²) < 4.78 is 0. The maximum atomic E-state index is 11.3. The molecule has 0 spiro atoms. The predicted octanol–water partition coefficient (Wildman–Crippen LogP) is -0.528. The first-order chi connectivity index (χ1) is 9.01. The van der Waals surface area contributed by atoms with Crippen molar-refractivity contribution in [3.05, 3.63) is 0 Å². The largest absolute Gasteiger partial charge is 0.480 e. The summed E-state index contributed by atoms with van der Waals surface area (Å²) in [6, 6.07) is -0.538. The summed E-state index contributed by atoms with van der Waals surface area (Å²) in [7, 11) is 3.14. The van der Waals surface area contributed by atoms with Crippen molar-refractivity contribution in [2.24, 2.45) is 0 Å². The van der Waals surface area contributed by atoms with Gasteiger partial charge in [-0.3, -0.25) is 14.4 Å². The second kappa shape index (κ2) is 10.3. The summed E-state index contributed by atoms with van der Waals surface area (Å²) in [4.78, 5) is 32.9. The van der Waals surface area contributed by atoms with Crippen molar-refractivity contribution in [1.82, 2.24) is 16.0 Å². The van der Waals surface area contributed by atoms with Crippen molar-refractivity contribution in [2.45, 2.75) is 38.1 Å². The van der Waals surface area contributed by atoms with Crippen molar-refractivity contribution in [1.29, 1.82) is 0 Å². The topological polar surface area (TPSA) is 108 Å². The molecule has 1 atom stereocenters. The number of unbranched alkanes of at least 4 members (excludes halogenated alkanes) is 1. The Kier molecular flexibility index (Phi) is 9.42. The zero-order chi connectivity index (χ0) is 14.7. The number of hydrogen-bond donors (Lipinski definition) is 4. The molecular weight excluding hydrogens is 250 g/mol. The average molecular weight is 273 g/mol. The molecule has 4 N–H and O–H groups in total. The lowest BCUT2D eigenvalue weighted by atomic mass is 10.1. The first-order valence-corrected chi connectivity index (χ1v) is 6.38. The second-order valence-electron chi connectivity index (χ2n) is 4.20. The van der Waals surface area contributed by atoms with Crippen LogP contribution in [0.4, 0.5) is 0 Å². The summed E-state index contributed by atoms with van der Waals surface area (Å²) in [6.45, 7) is 0.503.